The average molecular weight is 390 g/mol. The molecule has 1 rings (SSSR count). The molecule has 1 aromatic carbocycles. The van der Waals surface area contributed by atoms with Crippen LogP contribution in [-0.2, 0) is 23.8 Å². The molecule has 154 valence electrons. The van der Waals surface area contributed by atoms with E-state index in [0.29, 0.717) is 37.7 Å². The van der Waals surface area contributed by atoms with E-state index in [9.17, 15) is 9.59 Å². The molecule has 0 heterocycles. The van der Waals surface area contributed by atoms with E-state index in [2.05, 4.69) is 18.5 Å². The summed E-state index contributed by atoms with van der Waals surface area (Å²) >= 11 is 0. The topological polar surface area (TPSA) is 77.1 Å². The van der Waals surface area contributed by atoms with E-state index >= 15 is 0 Å². The maximum absolute atomic E-state index is 12.7. The van der Waals surface area contributed by atoms with Gasteiger partial charge in [0, 0.05) is 25.0 Å². The number of ether oxygens (including phenoxy) is 3. The highest BCUT2D eigenvalue weighted by molar-refractivity contribution is 5.97. The van der Waals surface area contributed by atoms with Crippen LogP contribution in [0.1, 0.15) is 13.8 Å². The Hall–Kier alpha value is -2.48. The SMILES string of the molecule is C=CCO[C@@H](C)C(=O)Nc1ccc(N(CCOC)C(=O)[C@@H](C)OCC=C)cc1. The smallest absolute Gasteiger partial charge is 0.255 e. The standard InChI is InChI=1S/C21H30N2O5/c1-6-13-27-16(3)20(24)22-18-8-10-19(11-9-18)23(12-15-26-5)21(25)17(4)28-14-7-2/h6-11,16-17H,1-2,12-15H2,3-5H3,(H,22,24)/t16-,17+/m0/s1. The lowest BCUT2D eigenvalue weighted by molar-refractivity contribution is -0.128. The van der Waals surface area contributed by atoms with Crippen LogP contribution in [0, 0.1) is 0 Å². The summed E-state index contributed by atoms with van der Waals surface area (Å²) in [4.78, 5) is 26.4. The summed E-state index contributed by atoms with van der Waals surface area (Å²) in [6.07, 6.45) is 1.97. The number of nitrogens with zero attached hydrogens (tertiary/aromatic N) is 1. The summed E-state index contributed by atoms with van der Waals surface area (Å²) in [7, 11) is 1.58. The van der Waals surface area contributed by atoms with Gasteiger partial charge >= 0.3 is 0 Å². The fourth-order valence-electron chi connectivity index (χ4n) is 2.31. The highest BCUT2D eigenvalue weighted by Gasteiger charge is 2.22. The third kappa shape index (κ3) is 7.64. The van der Waals surface area contributed by atoms with Crippen molar-refractivity contribution in [3.05, 3.63) is 49.6 Å². The molecule has 0 bridgehead atoms. The van der Waals surface area contributed by atoms with Crippen molar-refractivity contribution < 1.29 is 23.8 Å². The molecule has 2 atom stereocenters. The van der Waals surface area contributed by atoms with Crippen molar-refractivity contribution in [2.24, 2.45) is 0 Å². The second-order valence-corrected chi connectivity index (χ2v) is 6.05. The molecule has 0 fully saturated rings. The minimum absolute atomic E-state index is 0.179. The quantitative estimate of drug-likeness (QED) is 0.524. The molecule has 0 saturated carbocycles. The minimum atomic E-state index is -0.614. The van der Waals surface area contributed by atoms with Gasteiger partial charge in [-0.25, -0.2) is 0 Å². The summed E-state index contributed by atoms with van der Waals surface area (Å²) < 4.78 is 15.9. The van der Waals surface area contributed by atoms with Crippen LogP contribution in [0.2, 0.25) is 0 Å². The predicted octanol–water partition coefficient (Wildman–Crippen LogP) is 2.79. The van der Waals surface area contributed by atoms with Crippen LogP contribution in [0.25, 0.3) is 0 Å². The first kappa shape index (κ1) is 23.6. The number of rotatable bonds is 13. The Balaban J connectivity index is 2.84. The zero-order valence-corrected chi connectivity index (χ0v) is 16.8. The number of amides is 2. The van der Waals surface area contributed by atoms with Crippen molar-refractivity contribution in [2.45, 2.75) is 26.1 Å². The molecule has 1 N–H and O–H groups in total. The highest BCUT2D eigenvalue weighted by atomic mass is 16.5. The van der Waals surface area contributed by atoms with Crippen molar-refractivity contribution in [3.63, 3.8) is 0 Å². The van der Waals surface area contributed by atoms with Crippen LogP contribution in [0.5, 0.6) is 0 Å². The normalized spacial score (nSPS) is 12.7. The Bertz CT molecular complexity index is 645. The maximum atomic E-state index is 12.7. The Labute approximate surface area is 166 Å². The predicted molar refractivity (Wildman–Crippen MR) is 111 cm³/mol. The molecule has 0 aliphatic carbocycles. The summed E-state index contributed by atoms with van der Waals surface area (Å²) in [5.74, 6) is -0.435. The van der Waals surface area contributed by atoms with Gasteiger partial charge in [0.2, 0.25) is 0 Å². The first-order valence-corrected chi connectivity index (χ1v) is 9.10. The number of benzene rings is 1. The molecule has 2 amide bonds. The van der Waals surface area contributed by atoms with E-state index < -0.39 is 12.2 Å². The Morgan fingerprint density at radius 3 is 2.18 bits per heavy atom. The van der Waals surface area contributed by atoms with Gasteiger partial charge in [-0.2, -0.15) is 0 Å². The fraction of sp³-hybridized carbons (Fsp3) is 0.429. The molecule has 28 heavy (non-hydrogen) atoms. The van der Waals surface area contributed by atoms with Gasteiger partial charge in [-0.1, -0.05) is 12.2 Å². The molecule has 0 aliphatic heterocycles. The Morgan fingerprint density at radius 1 is 1.07 bits per heavy atom. The summed E-state index contributed by atoms with van der Waals surface area (Å²) in [6.45, 7) is 11.9. The van der Waals surface area contributed by atoms with Crippen LogP contribution >= 0.6 is 0 Å². The summed E-state index contributed by atoms with van der Waals surface area (Å²) in [6, 6.07) is 6.99. The van der Waals surface area contributed by atoms with Gasteiger partial charge < -0.3 is 24.4 Å². The van der Waals surface area contributed by atoms with Crippen LogP contribution in [0.4, 0.5) is 11.4 Å². The molecule has 0 aliphatic rings. The van der Waals surface area contributed by atoms with Crippen molar-refractivity contribution in [3.8, 4) is 0 Å². The number of methoxy groups -OCH3 is 1. The summed E-state index contributed by atoms with van der Waals surface area (Å²) in [5, 5.41) is 2.78. The van der Waals surface area contributed by atoms with E-state index in [1.165, 1.54) is 0 Å². The fourth-order valence-corrected chi connectivity index (χ4v) is 2.31. The van der Waals surface area contributed by atoms with Gasteiger partial charge in [0.05, 0.1) is 19.8 Å². The van der Waals surface area contributed by atoms with Gasteiger partial charge in [-0.3, -0.25) is 9.59 Å². The molecule has 1 aromatic rings. The van der Waals surface area contributed by atoms with Crippen molar-refractivity contribution in [2.75, 3.05) is 43.7 Å². The second-order valence-electron chi connectivity index (χ2n) is 6.05. The van der Waals surface area contributed by atoms with E-state index in [1.807, 2.05) is 0 Å². The van der Waals surface area contributed by atoms with E-state index in [0.717, 1.165) is 0 Å². The largest absolute Gasteiger partial charge is 0.383 e. The maximum Gasteiger partial charge on any atom is 0.255 e. The lowest BCUT2D eigenvalue weighted by Gasteiger charge is -2.26. The van der Waals surface area contributed by atoms with Gasteiger partial charge in [0.15, 0.2) is 0 Å². The second kappa shape index (κ2) is 12.8. The molecule has 0 spiro atoms. The van der Waals surface area contributed by atoms with Crippen molar-refractivity contribution in [1.82, 2.24) is 0 Å². The molecule has 0 radical (unpaired) electrons. The number of nitrogens with one attached hydrogen (secondary N) is 1. The number of hydrogen-bond donors (Lipinski definition) is 1. The van der Waals surface area contributed by atoms with Crippen LogP contribution in [0.3, 0.4) is 0 Å². The van der Waals surface area contributed by atoms with Gasteiger partial charge in [-0.15, -0.1) is 13.2 Å². The molecule has 7 nitrogen and oxygen atoms in total. The number of anilines is 2. The van der Waals surface area contributed by atoms with E-state index in [4.69, 9.17) is 14.2 Å². The monoisotopic (exact) mass is 390 g/mol. The minimum Gasteiger partial charge on any atom is -0.383 e. The van der Waals surface area contributed by atoms with Gasteiger partial charge in [0.1, 0.15) is 12.2 Å². The lowest BCUT2D eigenvalue weighted by atomic mass is 10.2. The lowest BCUT2D eigenvalue weighted by Crippen LogP contribution is -2.41. The van der Waals surface area contributed by atoms with Crippen LogP contribution in [-0.4, -0.2) is 57.5 Å². The molecule has 7 heteroatoms. The van der Waals surface area contributed by atoms with Crippen LogP contribution < -0.4 is 10.2 Å². The van der Waals surface area contributed by atoms with E-state index in [-0.39, 0.29) is 11.8 Å². The summed E-state index contributed by atoms with van der Waals surface area (Å²) in [5.41, 5.74) is 1.29. The number of carbonyl (C=O) groups is 2. The zero-order chi connectivity index (χ0) is 20.9. The number of hydrogen-bond acceptors (Lipinski definition) is 5. The molecule has 0 saturated heterocycles. The van der Waals surface area contributed by atoms with Gasteiger partial charge in [0.25, 0.3) is 11.8 Å². The third-order valence-electron chi connectivity index (χ3n) is 3.88. The van der Waals surface area contributed by atoms with E-state index in [1.54, 1.807) is 62.3 Å². The first-order valence-electron chi connectivity index (χ1n) is 9.10. The number of carbonyl (C=O) groups excluding carboxylic acids is 2. The molecular weight excluding hydrogens is 360 g/mol. The van der Waals surface area contributed by atoms with Crippen molar-refractivity contribution in [1.29, 1.82) is 0 Å². The highest BCUT2D eigenvalue weighted by Crippen LogP contribution is 2.20. The average Bonchev–Trinajstić information content (AvgIpc) is 2.71. The molecule has 0 aromatic heterocycles. The third-order valence-corrected chi connectivity index (χ3v) is 3.88. The van der Waals surface area contributed by atoms with Crippen LogP contribution in [0.15, 0.2) is 49.6 Å². The Morgan fingerprint density at radius 2 is 1.64 bits per heavy atom. The van der Waals surface area contributed by atoms with Crippen molar-refractivity contribution >= 4 is 23.2 Å². The first-order chi connectivity index (χ1) is 13.4. The Kier molecular flexibility index (Phi) is 10.8. The zero-order valence-electron chi connectivity index (χ0n) is 16.8. The van der Waals surface area contributed by atoms with Gasteiger partial charge in [-0.05, 0) is 38.1 Å². The molecular formula is C21H30N2O5. The molecule has 0 unspecified atom stereocenters.